The van der Waals surface area contributed by atoms with Gasteiger partial charge in [0.05, 0.1) is 22.5 Å². The summed E-state index contributed by atoms with van der Waals surface area (Å²) in [5, 5.41) is 19.6. The lowest BCUT2D eigenvalue weighted by molar-refractivity contribution is -0.688. The molecule has 0 aliphatic carbocycles. The number of hydrogen-bond acceptors (Lipinski definition) is 4. The summed E-state index contributed by atoms with van der Waals surface area (Å²) < 4.78 is 17.1. The van der Waals surface area contributed by atoms with Crippen molar-refractivity contribution in [3.05, 3.63) is 265 Å². The smallest absolute Gasteiger partial charge is 0.259 e. The van der Waals surface area contributed by atoms with Crippen molar-refractivity contribution in [2.24, 2.45) is 0 Å². The highest BCUT2D eigenvalue weighted by molar-refractivity contribution is 6.10. The lowest BCUT2D eigenvalue weighted by Crippen LogP contribution is -2.33. The van der Waals surface area contributed by atoms with E-state index in [1.165, 1.54) is 54.2 Å². The van der Waals surface area contributed by atoms with Gasteiger partial charge in [-0.15, -0.1) is 0 Å². The Bertz CT molecular complexity index is 3780. The summed E-state index contributed by atoms with van der Waals surface area (Å²) >= 11 is 0. The van der Waals surface area contributed by atoms with Crippen LogP contribution in [0, 0.1) is 0 Å². The molecule has 0 aliphatic heterocycles. The molecule has 8 nitrogen and oxygen atoms in total. The first kappa shape index (κ1) is 45.5. The molecule has 10 aromatic carbocycles. The van der Waals surface area contributed by atoms with E-state index < -0.39 is 0 Å². The van der Waals surface area contributed by atoms with Crippen LogP contribution in [0.3, 0.4) is 0 Å². The molecule has 74 heavy (non-hydrogen) atoms. The summed E-state index contributed by atoms with van der Waals surface area (Å²) in [6.07, 6.45) is 7.96. The fraction of sp³-hybridized carbons (Fsp3) is 0.0606. The van der Waals surface area contributed by atoms with Gasteiger partial charge in [-0.25, -0.2) is 9.13 Å². The Hall–Kier alpha value is -9.66. The first-order valence-corrected chi connectivity index (χ1v) is 24.7. The molecule has 0 saturated heterocycles. The Labute approximate surface area is 428 Å². The van der Waals surface area contributed by atoms with Crippen molar-refractivity contribution in [2.45, 2.75) is 13.1 Å². The number of pyridine rings is 2. The number of ether oxygens (including phenoxy) is 2. The maximum atomic E-state index is 14.1. The number of nitrogens with one attached hydrogen (secondary N) is 2. The van der Waals surface area contributed by atoms with Gasteiger partial charge in [0.2, 0.25) is 0 Å². The molecule has 0 atom stereocenters. The summed E-state index contributed by atoms with van der Waals surface area (Å²) in [7, 11) is 0. The summed E-state index contributed by atoms with van der Waals surface area (Å²) in [5.41, 5.74) is 5.19. The Morgan fingerprint density at radius 2 is 0.676 bits per heavy atom. The van der Waals surface area contributed by atoms with Crippen LogP contribution in [0.1, 0.15) is 31.8 Å². The standard InChI is InChI=1S/C66H48N4O4/c1-44(42-73-63-38-47-16-4-2-14-45(47)36-59(63)65(71)67-53-26-30-69(31-27-53)40-61-55-22-10-6-18-49(55)34-50-19-7-11-23-56(50)61)43-74-64-39-48-17-5-3-15-46(48)37-60(64)66(72)68-54-28-32-70(33-29-54)41-62-57-24-12-8-20-51(57)35-52-21-9-13-25-58(52)62/h2-39H,1,40-43H2/p+2. The van der Waals surface area contributed by atoms with Crippen molar-refractivity contribution in [3.8, 4) is 11.5 Å². The van der Waals surface area contributed by atoms with Crippen LogP contribution in [0.2, 0.25) is 0 Å². The second-order valence-electron chi connectivity index (χ2n) is 18.7. The van der Waals surface area contributed by atoms with Gasteiger partial charge in [-0.1, -0.05) is 152 Å². The SMILES string of the molecule is C=C(COc1cc2ccccc2cc1C(=O)Nc1cc[n+](Cc2c3ccccc3cc3ccccc23)cc1)COc1cc2ccccc2cc1C(=O)Nc1cc[n+](Cc2c3ccccc3cc3ccccc23)cc1. The van der Waals surface area contributed by atoms with E-state index in [2.05, 4.69) is 136 Å². The third kappa shape index (κ3) is 9.36. The quantitative estimate of drug-likeness (QED) is 0.0646. The molecule has 356 valence electrons. The van der Waals surface area contributed by atoms with Crippen molar-refractivity contribution in [2.75, 3.05) is 23.8 Å². The fourth-order valence-electron chi connectivity index (χ4n) is 10.0. The van der Waals surface area contributed by atoms with Gasteiger partial charge in [-0.05, 0) is 107 Å². The van der Waals surface area contributed by atoms with E-state index in [-0.39, 0.29) is 25.0 Å². The van der Waals surface area contributed by atoms with Crippen LogP contribution in [0.15, 0.2) is 243 Å². The van der Waals surface area contributed by atoms with E-state index >= 15 is 0 Å². The molecule has 0 radical (unpaired) electrons. The van der Waals surface area contributed by atoms with E-state index in [0.29, 0.717) is 52.7 Å². The minimum Gasteiger partial charge on any atom is -0.488 e. The highest BCUT2D eigenvalue weighted by atomic mass is 16.5. The molecule has 0 saturated carbocycles. The van der Waals surface area contributed by atoms with Crippen LogP contribution in [0.25, 0.3) is 64.6 Å². The van der Waals surface area contributed by atoms with Crippen LogP contribution < -0.4 is 29.2 Å². The number of rotatable bonds is 14. The van der Waals surface area contributed by atoms with Gasteiger partial charge in [0.1, 0.15) is 24.7 Å². The highest BCUT2D eigenvalue weighted by Gasteiger charge is 2.20. The molecule has 12 rings (SSSR count). The van der Waals surface area contributed by atoms with E-state index in [0.717, 1.165) is 21.5 Å². The third-order valence-electron chi connectivity index (χ3n) is 13.8. The molecule has 0 bridgehead atoms. The van der Waals surface area contributed by atoms with Gasteiger partial charge in [0.15, 0.2) is 37.9 Å². The average Bonchev–Trinajstić information content (AvgIpc) is 3.44. The van der Waals surface area contributed by atoms with Crippen molar-refractivity contribution in [1.82, 2.24) is 0 Å². The maximum Gasteiger partial charge on any atom is 0.259 e. The molecule has 2 heterocycles. The van der Waals surface area contributed by atoms with Gasteiger partial charge in [0.25, 0.3) is 11.8 Å². The molecule has 0 unspecified atom stereocenters. The molecule has 2 amide bonds. The topological polar surface area (TPSA) is 84.4 Å². The van der Waals surface area contributed by atoms with Crippen molar-refractivity contribution in [3.63, 3.8) is 0 Å². The molecular weight excluding hydrogens is 913 g/mol. The minimum atomic E-state index is -0.302. The van der Waals surface area contributed by atoms with Crippen molar-refractivity contribution < 1.29 is 28.2 Å². The summed E-state index contributed by atoms with van der Waals surface area (Å²) in [6.45, 7) is 5.76. The van der Waals surface area contributed by atoms with Crippen molar-refractivity contribution in [1.29, 1.82) is 0 Å². The van der Waals surface area contributed by atoms with Crippen LogP contribution in [-0.2, 0) is 13.1 Å². The largest absolute Gasteiger partial charge is 0.488 e. The van der Waals surface area contributed by atoms with Crippen LogP contribution in [-0.4, -0.2) is 25.0 Å². The molecule has 12 aromatic rings. The maximum absolute atomic E-state index is 14.1. The first-order valence-electron chi connectivity index (χ1n) is 24.7. The van der Waals surface area contributed by atoms with E-state index in [9.17, 15) is 9.59 Å². The summed E-state index contributed by atoms with van der Waals surface area (Å²) in [5.74, 6) is 0.223. The number of hydrogen-bond donors (Lipinski definition) is 2. The number of anilines is 2. The number of benzene rings is 10. The first-order chi connectivity index (χ1) is 36.4. The normalized spacial score (nSPS) is 11.4. The van der Waals surface area contributed by atoms with Crippen LogP contribution in [0.4, 0.5) is 11.4 Å². The lowest BCUT2D eigenvalue weighted by Gasteiger charge is -2.16. The van der Waals surface area contributed by atoms with Crippen molar-refractivity contribution >= 4 is 87.8 Å². The molecule has 2 N–H and O–H groups in total. The number of nitrogens with zero attached hydrogens (tertiary/aromatic N) is 2. The summed E-state index contributed by atoms with van der Waals surface area (Å²) in [4.78, 5) is 28.3. The zero-order valence-electron chi connectivity index (χ0n) is 40.5. The molecule has 0 spiro atoms. The third-order valence-corrected chi connectivity index (χ3v) is 13.8. The summed E-state index contributed by atoms with van der Waals surface area (Å²) in [6, 6.07) is 69.3. The zero-order chi connectivity index (χ0) is 50.0. The minimum absolute atomic E-state index is 0.0699. The monoisotopic (exact) mass is 962 g/mol. The predicted molar refractivity (Wildman–Crippen MR) is 298 cm³/mol. The second kappa shape index (κ2) is 19.9. The number of carbonyl (C=O) groups is 2. The van der Waals surface area contributed by atoms with Crippen LogP contribution >= 0.6 is 0 Å². The second-order valence-corrected chi connectivity index (χ2v) is 18.7. The molecule has 0 fully saturated rings. The molecule has 8 heteroatoms. The molecular formula is C66H50N4O4+2. The number of amides is 2. The van der Waals surface area contributed by atoms with Gasteiger partial charge in [-0.3, -0.25) is 9.59 Å². The average molecular weight is 963 g/mol. The number of fused-ring (bicyclic) bond motifs is 6. The number of aromatic nitrogens is 2. The van der Waals surface area contributed by atoms with Gasteiger partial charge >= 0.3 is 0 Å². The molecule has 0 aliphatic rings. The fourth-order valence-corrected chi connectivity index (χ4v) is 10.0. The lowest BCUT2D eigenvalue weighted by atomic mass is 9.96. The zero-order valence-corrected chi connectivity index (χ0v) is 40.5. The Morgan fingerprint density at radius 1 is 0.378 bits per heavy atom. The van der Waals surface area contributed by atoms with Gasteiger partial charge in [0, 0.05) is 35.4 Å². The van der Waals surface area contributed by atoms with Gasteiger partial charge < -0.3 is 20.1 Å². The van der Waals surface area contributed by atoms with Crippen LogP contribution in [0.5, 0.6) is 11.5 Å². The number of carbonyl (C=O) groups excluding carboxylic acids is 2. The van der Waals surface area contributed by atoms with Gasteiger partial charge in [-0.2, -0.15) is 0 Å². The van der Waals surface area contributed by atoms with E-state index in [4.69, 9.17) is 9.47 Å². The Balaban J connectivity index is 0.728. The Morgan fingerprint density at radius 3 is 1.01 bits per heavy atom. The molecule has 2 aromatic heterocycles. The predicted octanol–water partition coefficient (Wildman–Crippen LogP) is 13.8. The van der Waals surface area contributed by atoms with E-state index in [1.54, 1.807) is 0 Å². The van der Waals surface area contributed by atoms with E-state index in [1.807, 2.05) is 122 Å². The highest BCUT2D eigenvalue weighted by Crippen LogP contribution is 2.32. The Kier molecular flexibility index (Phi) is 12.2.